The van der Waals surface area contributed by atoms with Gasteiger partial charge in [-0.3, -0.25) is 0 Å². The van der Waals surface area contributed by atoms with Crippen molar-refractivity contribution in [2.45, 2.75) is 6.92 Å². The van der Waals surface area contributed by atoms with Gasteiger partial charge in [0, 0.05) is 20.3 Å². The monoisotopic (exact) mass is 191 g/mol. The molecule has 2 N–H and O–H groups in total. The van der Waals surface area contributed by atoms with Crippen molar-refractivity contribution in [3.8, 4) is 0 Å². The molecule has 0 aliphatic heterocycles. The largest absolute Gasteiger partial charge is 0.404 e. The Morgan fingerprint density at radius 1 is 1.50 bits per heavy atom. The van der Waals surface area contributed by atoms with E-state index >= 15 is 0 Å². The molecule has 0 aliphatic carbocycles. The lowest BCUT2D eigenvalue weighted by molar-refractivity contribution is 0.523. The highest BCUT2D eigenvalue weighted by atomic mass is 32.2. The number of hydrogen-bond acceptors (Lipinski definition) is 3. The van der Waals surface area contributed by atoms with Crippen molar-refractivity contribution in [3.05, 3.63) is 11.8 Å². The van der Waals surface area contributed by atoms with Crippen molar-refractivity contribution in [3.63, 3.8) is 0 Å². The van der Waals surface area contributed by atoms with Gasteiger partial charge < -0.3 is 5.73 Å². The first kappa shape index (κ1) is 11.1. The zero-order valence-electron chi connectivity index (χ0n) is 7.35. The molecule has 5 nitrogen and oxygen atoms in total. The van der Waals surface area contributed by atoms with Gasteiger partial charge in [-0.1, -0.05) is 0 Å². The molecule has 0 spiro atoms. The minimum Gasteiger partial charge on any atom is -0.404 e. The van der Waals surface area contributed by atoms with Crippen LogP contribution in [0.2, 0.25) is 0 Å². The molecular weight excluding hydrogens is 178 g/mol. The van der Waals surface area contributed by atoms with Crippen molar-refractivity contribution >= 4 is 16.4 Å². The van der Waals surface area contributed by atoms with E-state index in [1.165, 1.54) is 26.5 Å². The summed E-state index contributed by atoms with van der Waals surface area (Å²) < 4.78 is 26.4. The van der Waals surface area contributed by atoms with Crippen LogP contribution in [0.15, 0.2) is 16.2 Å². The van der Waals surface area contributed by atoms with Crippen LogP contribution >= 0.6 is 0 Å². The molecule has 0 bridgehead atoms. The second-order valence-electron chi connectivity index (χ2n) is 2.41. The Morgan fingerprint density at radius 2 is 2.00 bits per heavy atom. The number of nitrogens with zero attached hydrogens (tertiary/aromatic N) is 2. The first-order valence-electron chi connectivity index (χ1n) is 3.26. The molecule has 0 atom stereocenters. The molecule has 0 aromatic heterocycles. The highest BCUT2D eigenvalue weighted by molar-refractivity contribution is 7.87. The van der Waals surface area contributed by atoms with Gasteiger partial charge >= 0.3 is 10.2 Å². The van der Waals surface area contributed by atoms with Crippen LogP contribution < -0.4 is 5.73 Å². The molecule has 0 unspecified atom stereocenters. The molecule has 0 saturated heterocycles. The predicted molar refractivity (Wildman–Crippen MR) is 49.0 cm³/mol. The van der Waals surface area contributed by atoms with E-state index in [4.69, 9.17) is 5.73 Å². The van der Waals surface area contributed by atoms with Gasteiger partial charge in [-0.15, -0.1) is 0 Å². The van der Waals surface area contributed by atoms with E-state index in [-0.39, 0.29) is 0 Å². The molecule has 0 aromatic rings. The van der Waals surface area contributed by atoms with Crippen LogP contribution in [0.3, 0.4) is 0 Å². The molecule has 0 saturated carbocycles. The molecule has 0 fully saturated rings. The average molecular weight is 191 g/mol. The van der Waals surface area contributed by atoms with Gasteiger partial charge in [-0.25, -0.2) is 0 Å². The van der Waals surface area contributed by atoms with Gasteiger partial charge in [0.1, 0.15) is 0 Å². The van der Waals surface area contributed by atoms with Crippen molar-refractivity contribution in [2.24, 2.45) is 10.1 Å². The van der Waals surface area contributed by atoms with Gasteiger partial charge in [-0.2, -0.15) is 17.1 Å². The fourth-order valence-corrected chi connectivity index (χ4v) is 0.775. The maximum Gasteiger partial charge on any atom is 0.321 e. The molecule has 0 heterocycles. The summed E-state index contributed by atoms with van der Waals surface area (Å²) in [4.78, 5) is 0. The molecule has 0 aromatic carbocycles. The standard InChI is InChI=1S/C6H13N3O2S/c1-6(4-7)5-8-12(10,11)9(2)3/h4-5H,7H2,1-3H3. The zero-order valence-corrected chi connectivity index (χ0v) is 8.17. The number of rotatable bonds is 3. The van der Waals surface area contributed by atoms with Crippen LogP contribution in [0, 0.1) is 0 Å². The Labute approximate surface area is 72.8 Å². The molecular formula is C6H13N3O2S. The van der Waals surface area contributed by atoms with Crippen molar-refractivity contribution < 1.29 is 8.42 Å². The summed E-state index contributed by atoms with van der Waals surface area (Å²) in [5.41, 5.74) is 5.71. The van der Waals surface area contributed by atoms with Crippen LogP contribution in [-0.4, -0.2) is 33.0 Å². The molecule has 0 aliphatic rings. The summed E-state index contributed by atoms with van der Waals surface area (Å²) in [6.07, 6.45) is 2.49. The topological polar surface area (TPSA) is 75.8 Å². The lowest BCUT2D eigenvalue weighted by Gasteiger charge is -2.04. The van der Waals surface area contributed by atoms with E-state index in [9.17, 15) is 8.42 Å². The fourth-order valence-electron chi connectivity index (χ4n) is 0.287. The summed E-state index contributed by atoms with van der Waals surface area (Å²) in [5.74, 6) is 0. The van der Waals surface area contributed by atoms with Gasteiger partial charge in [0.05, 0.1) is 0 Å². The maximum absolute atomic E-state index is 11.0. The SMILES string of the molecule is CC(C=NS(=O)(=O)N(C)C)=CN. The first-order valence-corrected chi connectivity index (χ1v) is 4.66. The summed E-state index contributed by atoms with van der Waals surface area (Å²) >= 11 is 0. The summed E-state index contributed by atoms with van der Waals surface area (Å²) in [5, 5.41) is 0. The lowest BCUT2D eigenvalue weighted by atomic mass is 10.4. The van der Waals surface area contributed by atoms with Gasteiger partial charge in [0.25, 0.3) is 0 Å². The molecule has 12 heavy (non-hydrogen) atoms. The maximum atomic E-state index is 11.0. The quantitative estimate of drug-likeness (QED) is 0.624. The van der Waals surface area contributed by atoms with Crippen LogP contribution in [0.4, 0.5) is 0 Å². The molecule has 0 amide bonds. The van der Waals surface area contributed by atoms with Crippen LogP contribution in [0.5, 0.6) is 0 Å². The Bertz CT molecular complexity index is 290. The third-order valence-corrected chi connectivity index (χ3v) is 2.41. The van der Waals surface area contributed by atoms with E-state index in [2.05, 4.69) is 4.40 Å². The smallest absolute Gasteiger partial charge is 0.321 e. The third-order valence-electron chi connectivity index (χ3n) is 1.11. The first-order chi connectivity index (χ1) is 5.40. The zero-order chi connectivity index (χ0) is 9.78. The minimum absolute atomic E-state index is 0.598. The Morgan fingerprint density at radius 3 is 2.33 bits per heavy atom. The normalized spacial score (nSPS) is 14.5. The molecule has 0 rings (SSSR count). The van der Waals surface area contributed by atoms with Crippen molar-refractivity contribution in [2.75, 3.05) is 14.1 Å². The van der Waals surface area contributed by atoms with E-state index in [0.29, 0.717) is 5.57 Å². The van der Waals surface area contributed by atoms with E-state index in [1.807, 2.05) is 0 Å². The molecule has 70 valence electrons. The Balaban J connectivity index is 4.57. The number of nitrogens with two attached hydrogens (primary N) is 1. The second-order valence-corrected chi connectivity index (χ2v) is 4.24. The highest BCUT2D eigenvalue weighted by Crippen LogP contribution is 1.95. The third kappa shape index (κ3) is 3.49. The minimum atomic E-state index is -3.50. The fraction of sp³-hybridized carbons (Fsp3) is 0.500. The Hall–Kier alpha value is -0.880. The second kappa shape index (κ2) is 4.22. The van der Waals surface area contributed by atoms with Gasteiger partial charge in [0.15, 0.2) is 0 Å². The number of hydrogen-bond donors (Lipinski definition) is 1. The number of allylic oxidation sites excluding steroid dienone is 1. The highest BCUT2D eigenvalue weighted by Gasteiger charge is 2.08. The van der Waals surface area contributed by atoms with E-state index in [1.54, 1.807) is 6.92 Å². The lowest BCUT2D eigenvalue weighted by Crippen LogP contribution is -2.19. The molecule has 6 heteroatoms. The van der Waals surface area contributed by atoms with Gasteiger partial charge in [-0.05, 0) is 18.7 Å². The van der Waals surface area contributed by atoms with Gasteiger partial charge in [0.2, 0.25) is 0 Å². The summed E-state index contributed by atoms with van der Waals surface area (Å²) in [7, 11) is -0.675. The van der Waals surface area contributed by atoms with Crippen molar-refractivity contribution in [1.82, 2.24) is 4.31 Å². The Kier molecular flexibility index (Phi) is 3.91. The van der Waals surface area contributed by atoms with E-state index < -0.39 is 10.2 Å². The van der Waals surface area contributed by atoms with Crippen LogP contribution in [-0.2, 0) is 10.2 Å². The predicted octanol–water partition coefficient (Wildman–Crippen LogP) is -0.274. The van der Waals surface area contributed by atoms with E-state index in [0.717, 1.165) is 4.31 Å². The summed E-state index contributed by atoms with van der Waals surface area (Å²) in [6.45, 7) is 1.66. The van der Waals surface area contributed by atoms with Crippen molar-refractivity contribution in [1.29, 1.82) is 0 Å². The molecule has 0 radical (unpaired) electrons. The average Bonchev–Trinajstić information content (AvgIpc) is 2.00. The van der Waals surface area contributed by atoms with Crippen LogP contribution in [0.25, 0.3) is 0 Å². The van der Waals surface area contributed by atoms with Crippen LogP contribution in [0.1, 0.15) is 6.92 Å². The summed E-state index contributed by atoms with van der Waals surface area (Å²) in [6, 6.07) is 0.